The van der Waals surface area contributed by atoms with Crippen molar-refractivity contribution >= 4 is 16.8 Å². The molecule has 0 atom stereocenters. The molecule has 0 fully saturated rings. The van der Waals surface area contributed by atoms with Crippen molar-refractivity contribution in [3.63, 3.8) is 0 Å². The SMILES string of the molecule is O=C(Cl)C1=CNCNC1. The van der Waals surface area contributed by atoms with Gasteiger partial charge in [0, 0.05) is 18.3 Å². The molecule has 1 rings (SSSR count). The van der Waals surface area contributed by atoms with Crippen LogP contribution in [0, 0.1) is 0 Å². The molecule has 0 aromatic carbocycles. The average molecular weight is 147 g/mol. The maximum atomic E-state index is 10.4. The molecule has 0 spiro atoms. The molecule has 0 aromatic rings. The molecule has 0 saturated carbocycles. The van der Waals surface area contributed by atoms with E-state index in [1.807, 2.05) is 0 Å². The van der Waals surface area contributed by atoms with Gasteiger partial charge < -0.3 is 5.32 Å². The zero-order valence-corrected chi connectivity index (χ0v) is 5.53. The summed E-state index contributed by atoms with van der Waals surface area (Å²) in [4.78, 5) is 10.4. The Hall–Kier alpha value is -0.540. The Balaban J connectivity index is 2.57. The van der Waals surface area contributed by atoms with E-state index in [9.17, 15) is 4.79 Å². The van der Waals surface area contributed by atoms with E-state index < -0.39 is 5.24 Å². The van der Waals surface area contributed by atoms with Crippen LogP contribution >= 0.6 is 11.6 Å². The molecule has 0 aliphatic carbocycles. The van der Waals surface area contributed by atoms with E-state index >= 15 is 0 Å². The van der Waals surface area contributed by atoms with E-state index in [1.165, 1.54) is 0 Å². The largest absolute Gasteiger partial charge is 0.378 e. The maximum absolute atomic E-state index is 10.4. The Morgan fingerprint density at radius 3 is 2.89 bits per heavy atom. The fourth-order valence-electron chi connectivity index (χ4n) is 0.621. The second kappa shape index (κ2) is 2.85. The summed E-state index contributed by atoms with van der Waals surface area (Å²) in [7, 11) is 0. The zero-order chi connectivity index (χ0) is 6.69. The highest BCUT2D eigenvalue weighted by molar-refractivity contribution is 6.67. The summed E-state index contributed by atoms with van der Waals surface area (Å²) in [6, 6.07) is 0. The van der Waals surface area contributed by atoms with Gasteiger partial charge in [-0.15, -0.1) is 0 Å². The van der Waals surface area contributed by atoms with Crippen LogP contribution in [0.25, 0.3) is 0 Å². The Morgan fingerprint density at radius 1 is 1.78 bits per heavy atom. The fraction of sp³-hybridized carbons (Fsp3) is 0.400. The fourth-order valence-corrected chi connectivity index (χ4v) is 0.742. The normalized spacial score (nSPS) is 18.1. The second-order valence-corrected chi connectivity index (χ2v) is 2.09. The van der Waals surface area contributed by atoms with Crippen LogP contribution in [-0.2, 0) is 4.79 Å². The van der Waals surface area contributed by atoms with Gasteiger partial charge in [0.1, 0.15) is 0 Å². The van der Waals surface area contributed by atoms with Crippen LogP contribution in [0.4, 0.5) is 0 Å². The minimum atomic E-state index is -0.394. The van der Waals surface area contributed by atoms with Crippen LogP contribution in [0.15, 0.2) is 11.8 Å². The maximum Gasteiger partial charge on any atom is 0.251 e. The molecule has 9 heavy (non-hydrogen) atoms. The van der Waals surface area contributed by atoms with Gasteiger partial charge >= 0.3 is 0 Å². The van der Waals surface area contributed by atoms with Gasteiger partial charge in [0.15, 0.2) is 0 Å². The number of hydrogen-bond acceptors (Lipinski definition) is 3. The van der Waals surface area contributed by atoms with Gasteiger partial charge in [0.2, 0.25) is 0 Å². The minimum absolute atomic E-state index is 0.394. The minimum Gasteiger partial charge on any atom is -0.378 e. The highest BCUT2D eigenvalue weighted by Gasteiger charge is 2.07. The predicted molar refractivity (Wildman–Crippen MR) is 34.9 cm³/mol. The van der Waals surface area contributed by atoms with Gasteiger partial charge in [-0.3, -0.25) is 10.1 Å². The third-order valence-electron chi connectivity index (χ3n) is 1.07. The summed E-state index contributed by atoms with van der Waals surface area (Å²) in [5.41, 5.74) is 0.586. The van der Waals surface area contributed by atoms with Crippen molar-refractivity contribution in [2.75, 3.05) is 13.2 Å². The first-order valence-corrected chi connectivity index (χ1v) is 3.01. The Kier molecular flexibility index (Phi) is 2.08. The molecule has 2 N–H and O–H groups in total. The molecule has 0 bridgehead atoms. The van der Waals surface area contributed by atoms with Crippen LogP contribution in [0.2, 0.25) is 0 Å². The molecule has 0 unspecified atom stereocenters. The van der Waals surface area contributed by atoms with Gasteiger partial charge in [-0.25, -0.2) is 0 Å². The molecule has 0 radical (unpaired) electrons. The van der Waals surface area contributed by atoms with Crippen molar-refractivity contribution in [1.82, 2.24) is 10.6 Å². The topological polar surface area (TPSA) is 41.1 Å². The summed E-state index contributed by atoms with van der Waals surface area (Å²) in [5.74, 6) is 0. The molecule has 50 valence electrons. The van der Waals surface area contributed by atoms with Crippen molar-refractivity contribution < 1.29 is 4.79 Å². The first kappa shape index (κ1) is 6.58. The summed E-state index contributed by atoms with van der Waals surface area (Å²) < 4.78 is 0. The van der Waals surface area contributed by atoms with E-state index in [0.717, 1.165) is 0 Å². The average Bonchev–Trinajstić information content (AvgIpc) is 1.90. The van der Waals surface area contributed by atoms with E-state index in [4.69, 9.17) is 11.6 Å². The Bertz CT molecular complexity index is 155. The lowest BCUT2D eigenvalue weighted by molar-refractivity contribution is -0.108. The Labute approximate surface area is 58.1 Å². The lowest BCUT2D eigenvalue weighted by Gasteiger charge is -2.11. The van der Waals surface area contributed by atoms with E-state index in [1.54, 1.807) is 6.20 Å². The van der Waals surface area contributed by atoms with Crippen molar-refractivity contribution in [3.05, 3.63) is 11.8 Å². The molecule has 1 heterocycles. The summed E-state index contributed by atoms with van der Waals surface area (Å²) in [6.45, 7) is 1.27. The van der Waals surface area contributed by atoms with Crippen LogP contribution in [0.5, 0.6) is 0 Å². The molecular formula is C5H7ClN2O. The lowest BCUT2D eigenvalue weighted by Crippen LogP contribution is -2.33. The number of nitrogens with one attached hydrogen (secondary N) is 2. The van der Waals surface area contributed by atoms with Crippen molar-refractivity contribution in [2.45, 2.75) is 0 Å². The quantitative estimate of drug-likeness (QED) is 0.503. The molecule has 3 nitrogen and oxygen atoms in total. The molecule has 0 saturated heterocycles. The van der Waals surface area contributed by atoms with Gasteiger partial charge in [-0.2, -0.15) is 0 Å². The lowest BCUT2D eigenvalue weighted by atomic mass is 10.3. The summed E-state index contributed by atoms with van der Waals surface area (Å²) >= 11 is 5.17. The van der Waals surface area contributed by atoms with Crippen molar-refractivity contribution in [2.24, 2.45) is 0 Å². The van der Waals surface area contributed by atoms with E-state index in [2.05, 4.69) is 10.6 Å². The van der Waals surface area contributed by atoms with Gasteiger partial charge in [0.05, 0.1) is 6.67 Å². The van der Waals surface area contributed by atoms with Crippen LogP contribution < -0.4 is 10.6 Å². The van der Waals surface area contributed by atoms with E-state index in [-0.39, 0.29) is 0 Å². The highest BCUT2D eigenvalue weighted by Crippen LogP contribution is 1.98. The number of carbonyl (C=O) groups excluding carboxylic acids is 1. The summed E-state index contributed by atoms with van der Waals surface area (Å²) in [6.07, 6.45) is 1.63. The molecular weight excluding hydrogens is 140 g/mol. The molecule has 1 aliphatic rings. The monoisotopic (exact) mass is 146 g/mol. The molecule has 1 aliphatic heterocycles. The van der Waals surface area contributed by atoms with Crippen LogP contribution in [0.3, 0.4) is 0 Å². The van der Waals surface area contributed by atoms with Crippen LogP contribution in [-0.4, -0.2) is 18.5 Å². The first-order chi connectivity index (χ1) is 4.30. The number of carbonyl (C=O) groups is 1. The smallest absolute Gasteiger partial charge is 0.251 e. The van der Waals surface area contributed by atoms with Crippen molar-refractivity contribution in [1.29, 1.82) is 0 Å². The molecule has 4 heteroatoms. The standard InChI is InChI=1S/C5H7ClN2O/c6-5(9)4-1-7-3-8-2-4/h1,7-8H,2-3H2. The van der Waals surface area contributed by atoms with Gasteiger partial charge in [-0.05, 0) is 11.6 Å². The van der Waals surface area contributed by atoms with Gasteiger partial charge in [0.25, 0.3) is 5.24 Å². The first-order valence-electron chi connectivity index (χ1n) is 2.63. The predicted octanol–water partition coefficient (Wildman–Crippen LogP) is -0.214. The zero-order valence-electron chi connectivity index (χ0n) is 4.78. The number of halogens is 1. The van der Waals surface area contributed by atoms with E-state index in [0.29, 0.717) is 18.8 Å². The van der Waals surface area contributed by atoms with Crippen molar-refractivity contribution in [3.8, 4) is 0 Å². The third kappa shape index (κ3) is 1.69. The number of hydrogen-bond donors (Lipinski definition) is 2. The Morgan fingerprint density at radius 2 is 2.56 bits per heavy atom. The highest BCUT2D eigenvalue weighted by atomic mass is 35.5. The van der Waals surface area contributed by atoms with Crippen LogP contribution in [0.1, 0.15) is 0 Å². The van der Waals surface area contributed by atoms with Gasteiger partial charge in [-0.1, -0.05) is 0 Å². The molecule has 0 aromatic heterocycles. The third-order valence-corrected chi connectivity index (χ3v) is 1.31. The molecule has 0 amide bonds. The summed E-state index contributed by atoms with van der Waals surface area (Å²) in [5, 5.41) is 5.38. The number of rotatable bonds is 1. The second-order valence-electron chi connectivity index (χ2n) is 1.75.